The maximum atomic E-state index is 6.22. The summed E-state index contributed by atoms with van der Waals surface area (Å²) in [5, 5.41) is 0. The fraction of sp³-hybridized carbons (Fsp3) is 1.00. The van der Waals surface area contributed by atoms with Gasteiger partial charge in [-0.15, -0.1) is 0 Å². The summed E-state index contributed by atoms with van der Waals surface area (Å²) < 4.78 is 5.31. The van der Waals surface area contributed by atoms with Crippen molar-refractivity contribution in [3.8, 4) is 0 Å². The molecule has 4 nitrogen and oxygen atoms in total. The van der Waals surface area contributed by atoms with Crippen LogP contribution in [-0.2, 0) is 4.74 Å². The van der Waals surface area contributed by atoms with Gasteiger partial charge in [0.05, 0.1) is 0 Å². The Kier molecular flexibility index (Phi) is 6.48. The number of hydrogen-bond acceptors (Lipinski definition) is 4. The third kappa shape index (κ3) is 4.41. The Morgan fingerprint density at radius 3 is 2.24 bits per heavy atom. The zero-order valence-electron chi connectivity index (χ0n) is 14.3. The molecule has 0 atom stereocenters. The van der Waals surface area contributed by atoms with E-state index < -0.39 is 0 Å². The molecule has 0 saturated carbocycles. The van der Waals surface area contributed by atoms with Crippen LogP contribution >= 0.6 is 0 Å². The van der Waals surface area contributed by atoms with Crippen LogP contribution in [0.25, 0.3) is 0 Å². The first-order valence-corrected chi connectivity index (χ1v) is 8.76. The van der Waals surface area contributed by atoms with Crippen LogP contribution in [0, 0.1) is 11.8 Å². The lowest BCUT2D eigenvalue weighted by Gasteiger charge is -2.51. The fourth-order valence-electron chi connectivity index (χ4n) is 4.13. The molecule has 0 radical (unpaired) electrons. The molecule has 0 spiro atoms. The van der Waals surface area contributed by atoms with Crippen LogP contribution in [0.5, 0.6) is 0 Å². The lowest BCUT2D eigenvalue weighted by atomic mass is 9.82. The highest BCUT2D eigenvalue weighted by molar-refractivity contribution is 4.97. The first kappa shape index (κ1) is 17.2. The molecule has 0 aromatic rings. The number of piperidine rings is 2. The Hall–Kier alpha value is -0.160. The van der Waals surface area contributed by atoms with E-state index in [1.165, 1.54) is 58.4 Å². The molecule has 21 heavy (non-hydrogen) atoms. The second-order valence-electron chi connectivity index (χ2n) is 7.51. The van der Waals surface area contributed by atoms with Gasteiger partial charge in [0.1, 0.15) is 0 Å². The summed E-state index contributed by atoms with van der Waals surface area (Å²) >= 11 is 0. The van der Waals surface area contributed by atoms with E-state index in [1.54, 1.807) is 0 Å². The molecule has 2 saturated heterocycles. The average molecular weight is 297 g/mol. The van der Waals surface area contributed by atoms with E-state index in [1.807, 2.05) is 7.11 Å². The third-order valence-electron chi connectivity index (χ3n) is 5.48. The molecule has 2 aliphatic heterocycles. The topological polar surface area (TPSA) is 41.7 Å². The highest BCUT2D eigenvalue weighted by Crippen LogP contribution is 2.32. The Balaban J connectivity index is 1.86. The van der Waals surface area contributed by atoms with E-state index in [2.05, 4.69) is 23.6 Å². The summed E-state index contributed by atoms with van der Waals surface area (Å²) in [6, 6.07) is 0. The van der Waals surface area contributed by atoms with Gasteiger partial charge in [-0.3, -0.25) is 4.90 Å². The van der Waals surface area contributed by atoms with Gasteiger partial charge in [0.15, 0.2) is 0 Å². The second kappa shape index (κ2) is 7.91. The number of nitrogens with zero attached hydrogens (tertiary/aromatic N) is 2. The average Bonchev–Trinajstić information content (AvgIpc) is 2.49. The monoisotopic (exact) mass is 297 g/mol. The summed E-state index contributed by atoms with van der Waals surface area (Å²) in [6.07, 6.45) is 5.02. The van der Waals surface area contributed by atoms with Gasteiger partial charge >= 0.3 is 0 Å². The molecule has 124 valence electrons. The van der Waals surface area contributed by atoms with Crippen LogP contribution in [0.3, 0.4) is 0 Å². The molecule has 0 unspecified atom stereocenters. The van der Waals surface area contributed by atoms with Crippen molar-refractivity contribution in [3.05, 3.63) is 0 Å². The van der Waals surface area contributed by atoms with E-state index in [4.69, 9.17) is 10.5 Å². The van der Waals surface area contributed by atoms with E-state index >= 15 is 0 Å². The number of rotatable bonds is 6. The van der Waals surface area contributed by atoms with Crippen molar-refractivity contribution in [3.63, 3.8) is 0 Å². The fourth-order valence-corrected chi connectivity index (χ4v) is 4.13. The van der Waals surface area contributed by atoms with Gasteiger partial charge in [-0.25, -0.2) is 0 Å². The van der Waals surface area contributed by atoms with Crippen LogP contribution in [0.15, 0.2) is 0 Å². The summed E-state index contributed by atoms with van der Waals surface area (Å²) in [4.78, 5) is 5.32. The molecule has 0 aromatic carbocycles. The molecule has 0 bridgehead atoms. The summed E-state index contributed by atoms with van der Waals surface area (Å²) in [6.45, 7) is 12.4. The molecule has 2 N–H and O–H groups in total. The van der Waals surface area contributed by atoms with Crippen LogP contribution in [0.4, 0.5) is 0 Å². The van der Waals surface area contributed by atoms with E-state index in [9.17, 15) is 0 Å². The van der Waals surface area contributed by atoms with Gasteiger partial charge in [-0.1, -0.05) is 13.8 Å². The largest absolute Gasteiger partial charge is 0.384 e. The Morgan fingerprint density at radius 2 is 1.76 bits per heavy atom. The molecular weight excluding hydrogens is 262 g/mol. The van der Waals surface area contributed by atoms with Crippen LogP contribution in [0.1, 0.15) is 39.5 Å². The first-order valence-electron chi connectivity index (χ1n) is 8.76. The molecular formula is C17H35N3O. The van der Waals surface area contributed by atoms with E-state index in [0.717, 1.165) is 25.0 Å². The van der Waals surface area contributed by atoms with Crippen LogP contribution in [-0.4, -0.2) is 68.3 Å². The smallest absolute Gasteiger partial charge is 0.0491 e. The predicted molar refractivity (Wildman–Crippen MR) is 88.5 cm³/mol. The van der Waals surface area contributed by atoms with Crippen molar-refractivity contribution in [1.29, 1.82) is 0 Å². The zero-order valence-corrected chi connectivity index (χ0v) is 14.3. The summed E-state index contributed by atoms with van der Waals surface area (Å²) in [5.74, 6) is 1.52. The minimum atomic E-state index is 0.269. The van der Waals surface area contributed by atoms with Crippen molar-refractivity contribution in [2.24, 2.45) is 17.6 Å². The molecule has 0 aliphatic carbocycles. The van der Waals surface area contributed by atoms with Crippen molar-refractivity contribution >= 4 is 0 Å². The third-order valence-corrected chi connectivity index (χ3v) is 5.48. The highest BCUT2D eigenvalue weighted by atomic mass is 16.5. The molecule has 0 amide bonds. The molecule has 2 fully saturated rings. The Labute approximate surface area is 131 Å². The Morgan fingerprint density at radius 1 is 1.14 bits per heavy atom. The first-order chi connectivity index (χ1) is 10.1. The molecule has 2 heterocycles. The number of ether oxygens (including phenoxy) is 1. The molecule has 4 heteroatoms. The summed E-state index contributed by atoms with van der Waals surface area (Å²) in [5.41, 5.74) is 6.49. The molecule has 0 aromatic heterocycles. The zero-order chi connectivity index (χ0) is 15.3. The summed E-state index contributed by atoms with van der Waals surface area (Å²) in [7, 11) is 1.82. The predicted octanol–water partition coefficient (Wildman–Crippen LogP) is 1.79. The van der Waals surface area contributed by atoms with Crippen LogP contribution < -0.4 is 5.73 Å². The van der Waals surface area contributed by atoms with Gasteiger partial charge in [0.2, 0.25) is 0 Å². The van der Waals surface area contributed by atoms with Crippen LogP contribution in [0.2, 0.25) is 0 Å². The number of likely N-dealkylation sites (tertiary alicyclic amines) is 2. The quantitative estimate of drug-likeness (QED) is 0.812. The second-order valence-corrected chi connectivity index (χ2v) is 7.51. The molecule has 2 aliphatic rings. The standard InChI is InChI=1S/C17H35N3O/c1-15(2)12-19-10-6-17(14-18,7-11-19)20-8-4-16(5-9-20)13-21-3/h15-16H,4-14,18H2,1-3H3. The van der Waals surface area contributed by atoms with Gasteiger partial charge < -0.3 is 15.4 Å². The minimum absolute atomic E-state index is 0.269. The number of methoxy groups -OCH3 is 1. The SMILES string of the molecule is COCC1CCN(C2(CN)CCN(CC(C)C)CC2)CC1. The van der Waals surface area contributed by atoms with Crippen molar-refractivity contribution in [2.45, 2.75) is 45.1 Å². The number of nitrogens with two attached hydrogens (primary N) is 1. The van der Waals surface area contributed by atoms with Crippen molar-refractivity contribution in [2.75, 3.05) is 53.0 Å². The molecule has 2 rings (SSSR count). The maximum absolute atomic E-state index is 6.22. The van der Waals surface area contributed by atoms with E-state index in [0.29, 0.717) is 0 Å². The number of hydrogen-bond donors (Lipinski definition) is 1. The minimum Gasteiger partial charge on any atom is -0.384 e. The van der Waals surface area contributed by atoms with E-state index in [-0.39, 0.29) is 5.54 Å². The normalized spacial score (nSPS) is 25.6. The lowest BCUT2D eigenvalue weighted by molar-refractivity contribution is -0.00688. The van der Waals surface area contributed by atoms with Crippen molar-refractivity contribution < 1.29 is 4.74 Å². The van der Waals surface area contributed by atoms with Gasteiger partial charge in [-0.05, 0) is 63.7 Å². The Bertz CT molecular complexity index is 292. The lowest BCUT2D eigenvalue weighted by Crippen LogP contribution is -2.61. The maximum Gasteiger partial charge on any atom is 0.0491 e. The van der Waals surface area contributed by atoms with Gasteiger partial charge in [-0.2, -0.15) is 0 Å². The van der Waals surface area contributed by atoms with Gasteiger partial charge in [0, 0.05) is 32.3 Å². The highest BCUT2D eigenvalue weighted by Gasteiger charge is 2.40. The van der Waals surface area contributed by atoms with Crippen molar-refractivity contribution in [1.82, 2.24) is 9.80 Å². The van der Waals surface area contributed by atoms with Gasteiger partial charge in [0.25, 0.3) is 0 Å².